The molecule has 0 unspecified atom stereocenters. The zero-order valence-electron chi connectivity index (χ0n) is 13.2. The summed E-state index contributed by atoms with van der Waals surface area (Å²) < 4.78 is 5.34. The molecular weight excluding hydrogens is 306 g/mol. The van der Waals surface area contributed by atoms with E-state index in [1.807, 2.05) is 18.2 Å². The van der Waals surface area contributed by atoms with Crippen LogP contribution >= 0.6 is 0 Å². The van der Waals surface area contributed by atoms with Crippen molar-refractivity contribution < 1.29 is 14.3 Å². The molecule has 2 aromatic rings. The second kappa shape index (κ2) is 9.09. The maximum absolute atomic E-state index is 11.8. The number of nitrogens with one attached hydrogen (secondary N) is 2. The van der Waals surface area contributed by atoms with Crippen LogP contribution in [0.1, 0.15) is 5.69 Å². The quantitative estimate of drug-likeness (QED) is 0.602. The van der Waals surface area contributed by atoms with Crippen LogP contribution in [-0.4, -0.2) is 29.9 Å². The molecule has 1 heterocycles. The van der Waals surface area contributed by atoms with Gasteiger partial charge in [-0.3, -0.25) is 14.6 Å². The van der Waals surface area contributed by atoms with Gasteiger partial charge in [0, 0.05) is 30.5 Å². The Hall–Kier alpha value is -3.15. The van der Waals surface area contributed by atoms with Crippen LogP contribution in [0.2, 0.25) is 0 Å². The van der Waals surface area contributed by atoms with E-state index in [0.717, 1.165) is 5.69 Å². The number of hydrogen-bond donors (Lipinski definition) is 2. The summed E-state index contributed by atoms with van der Waals surface area (Å²) in [6.07, 6.45) is 3.90. The van der Waals surface area contributed by atoms with E-state index in [1.165, 1.54) is 0 Å². The van der Waals surface area contributed by atoms with Crippen molar-refractivity contribution in [3.05, 3.63) is 67.0 Å². The molecule has 1 aromatic carbocycles. The zero-order chi connectivity index (χ0) is 17.2. The second-order valence-electron chi connectivity index (χ2n) is 4.91. The van der Waals surface area contributed by atoms with E-state index >= 15 is 0 Å². The molecule has 0 aliphatic carbocycles. The molecule has 2 N–H and O–H groups in total. The Balaban J connectivity index is 1.76. The standard InChI is InChI=1S/C18H19N3O3/c1-2-13-24-16-8-6-15(7-9-16)21-18(23)17(22)20-12-10-14-5-3-4-11-19-14/h2-9,11H,1,10,12-13H2,(H,20,22)(H,21,23). The topological polar surface area (TPSA) is 80.3 Å². The van der Waals surface area contributed by atoms with Crippen LogP contribution in [0.4, 0.5) is 5.69 Å². The zero-order valence-corrected chi connectivity index (χ0v) is 13.2. The number of ether oxygens (including phenoxy) is 1. The third kappa shape index (κ3) is 5.57. The summed E-state index contributed by atoms with van der Waals surface area (Å²) in [7, 11) is 0. The summed E-state index contributed by atoms with van der Waals surface area (Å²) in [4.78, 5) is 27.7. The molecule has 6 nitrogen and oxygen atoms in total. The van der Waals surface area contributed by atoms with Crippen molar-refractivity contribution in [2.45, 2.75) is 6.42 Å². The first kappa shape index (κ1) is 17.2. The Morgan fingerprint density at radius 3 is 2.58 bits per heavy atom. The van der Waals surface area contributed by atoms with Gasteiger partial charge in [-0.15, -0.1) is 0 Å². The van der Waals surface area contributed by atoms with Crippen molar-refractivity contribution in [2.24, 2.45) is 0 Å². The largest absolute Gasteiger partial charge is 0.490 e. The summed E-state index contributed by atoms with van der Waals surface area (Å²) in [5, 5.41) is 5.10. The molecule has 0 aliphatic rings. The highest BCUT2D eigenvalue weighted by atomic mass is 16.5. The lowest BCUT2D eigenvalue weighted by Crippen LogP contribution is -2.36. The number of pyridine rings is 1. The van der Waals surface area contributed by atoms with Crippen molar-refractivity contribution in [3.8, 4) is 5.75 Å². The monoisotopic (exact) mass is 325 g/mol. The Labute approximate surface area is 140 Å². The van der Waals surface area contributed by atoms with Gasteiger partial charge in [0.1, 0.15) is 12.4 Å². The lowest BCUT2D eigenvalue weighted by Gasteiger charge is -2.08. The lowest BCUT2D eigenvalue weighted by molar-refractivity contribution is -0.136. The van der Waals surface area contributed by atoms with Gasteiger partial charge in [-0.25, -0.2) is 0 Å². The SMILES string of the molecule is C=CCOc1ccc(NC(=O)C(=O)NCCc2ccccn2)cc1. The summed E-state index contributed by atoms with van der Waals surface area (Å²) in [5.74, 6) is -0.735. The van der Waals surface area contributed by atoms with E-state index in [1.54, 1.807) is 36.5 Å². The minimum absolute atomic E-state index is 0.345. The normalized spacial score (nSPS) is 9.83. The Bertz CT molecular complexity index is 684. The lowest BCUT2D eigenvalue weighted by atomic mass is 10.2. The molecule has 0 saturated heterocycles. The number of nitrogens with zero attached hydrogens (tertiary/aromatic N) is 1. The molecule has 0 bridgehead atoms. The van der Waals surface area contributed by atoms with Crippen molar-refractivity contribution in [1.82, 2.24) is 10.3 Å². The van der Waals surface area contributed by atoms with Gasteiger partial charge < -0.3 is 15.4 Å². The van der Waals surface area contributed by atoms with Gasteiger partial charge in [0.2, 0.25) is 0 Å². The first-order valence-corrected chi connectivity index (χ1v) is 7.52. The molecule has 1 aromatic heterocycles. The fourth-order valence-corrected chi connectivity index (χ4v) is 1.91. The fraction of sp³-hybridized carbons (Fsp3) is 0.167. The smallest absolute Gasteiger partial charge is 0.313 e. The van der Waals surface area contributed by atoms with E-state index in [9.17, 15) is 9.59 Å². The highest BCUT2D eigenvalue weighted by Crippen LogP contribution is 2.15. The average Bonchev–Trinajstić information content (AvgIpc) is 2.62. The Kier molecular flexibility index (Phi) is 6.52. The fourth-order valence-electron chi connectivity index (χ4n) is 1.91. The first-order chi connectivity index (χ1) is 11.7. The van der Waals surface area contributed by atoms with Gasteiger partial charge in [-0.2, -0.15) is 0 Å². The molecular formula is C18H19N3O3. The summed E-state index contributed by atoms with van der Waals surface area (Å²) >= 11 is 0. The number of carbonyl (C=O) groups excluding carboxylic acids is 2. The highest BCUT2D eigenvalue weighted by Gasteiger charge is 2.13. The van der Waals surface area contributed by atoms with Crippen LogP contribution in [0.15, 0.2) is 61.3 Å². The molecule has 0 aliphatic heterocycles. The molecule has 0 radical (unpaired) electrons. The highest BCUT2D eigenvalue weighted by molar-refractivity contribution is 6.39. The van der Waals surface area contributed by atoms with Gasteiger partial charge in [0.15, 0.2) is 0 Å². The number of benzene rings is 1. The minimum atomic E-state index is -0.712. The molecule has 0 saturated carbocycles. The van der Waals surface area contributed by atoms with Crippen molar-refractivity contribution in [2.75, 3.05) is 18.5 Å². The van der Waals surface area contributed by atoms with Gasteiger partial charge in [0.05, 0.1) is 0 Å². The van der Waals surface area contributed by atoms with Crippen LogP contribution in [-0.2, 0) is 16.0 Å². The van der Waals surface area contributed by atoms with Crippen molar-refractivity contribution in [3.63, 3.8) is 0 Å². The minimum Gasteiger partial charge on any atom is -0.490 e. The molecule has 124 valence electrons. The van der Waals surface area contributed by atoms with Gasteiger partial charge in [-0.05, 0) is 36.4 Å². The van der Waals surface area contributed by atoms with E-state index in [-0.39, 0.29) is 0 Å². The Morgan fingerprint density at radius 1 is 1.12 bits per heavy atom. The molecule has 2 amide bonds. The van der Waals surface area contributed by atoms with Gasteiger partial charge in [0.25, 0.3) is 0 Å². The average molecular weight is 325 g/mol. The maximum atomic E-state index is 11.8. The summed E-state index contributed by atoms with van der Waals surface area (Å²) in [6.45, 7) is 4.32. The van der Waals surface area contributed by atoms with Crippen molar-refractivity contribution in [1.29, 1.82) is 0 Å². The number of rotatable bonds is 7. The van der Waals surface area contributed by atoms with Crippen LogP contribution in [0.5, 0.6) is 5.75 Å². The molecule has 0 spiro atoms. The number of anilines is 1. The van der Waals surface area contributed by atoms with Crippen LogP contribution in [0.3, 0.4) is 0 Å². The van der Waals surface area contributed by atoms with E-state index in [0.29, 0.717) is 31.0 Å². The number of aromatic nitrogens is 1. The van der Waals surface area contributed by atoms with E-state index in [2.05, 4.69) is 22.2 Å². The number of amides is 2. The predicted octanol–water partition coefficient (Wildman–Crippen LogP) is 1.94. The second-order valence-corrected chi connectivity index (χ2v) is 4.91. The number of carbonyl (C=O) groups is 2. The summed E-state index contributed by atoms with van der Waals surface area (Å²) in [5.41, 5.74) is 1.37. The van der Waals surface area contributed by atoms with Gasteiger partial charge in [-0.1, -0.05) is 18.7 Å². The molecule has 24 heavy (non-hydrogen) atoms. The molecule has 6 heteroatoms. The van der Waals surface area contributed by atoms with E-state index in [4.69, 9.17) is 4.74 Å². The molecule has 2 rings (SSSR count). The third-order valence-corrected chi connectivity index (χ3v) is 3.08. The third-order valence-electron chi connectivity index (χ3n) is 3.08. The predicted molar refractivity (Wildman–Crippen MR) is 91.7 cm³/mol. The van der Waals surface area contributed by atoms with E-state index < -0.39 is 11.8 Å². The maximum Gasteiger partial charge on any atom is 0.313 e. The van der Waals surface area contributed by atoms with Gasteiger partial charge >= 0.3 is 11.8 Å². The van der Waals surface area contributed by atoms with Crippen molar-refractivity contribution >= 4 is 17.5 Å². The Morgan fingerprint density at radius 2 is 1.92 bits per heavy atom. The van der Waals surface area contributed by atoms with Crippen LogP contribution in [0, 0.1) is 0 Å². The number of hydrogen-bond acceptors (Lipinski definition) is 4. The summed E-state index contributed by atoms with van der Waals surface area (Å²) in [6, 6.07) is 12.3. The first-order valence-electron chi connectivity index (χ1n) is 7.52. The van der Waals surface area contributed by atoms with Crippen LogP contribution in [0.25, 0.3) is 0 Å². The van der Waals surface area contributed by atoms with Crippen LogP contribution < -0.4 is 15.4 Å². The molecule has 0 atom stereocenters. The molecule has 0 fully saturated rings.